The standard InChI is InChI=1S/C26H29N7O4/c1-26(2,3)37-25(35)32-14-6-7-17(15-32)33-22-20(23(27)29-30-24(22)34)21(31-33)16-9-11-18(12-10-16)36-19-8-4-5-13-28-19/h4-5,8-13,17H,6-7,14-15H2,1-3H3,(H2,27,29)(H,30,34)/t17-/m1/s1. The highest BCUT2D eigenvalue weighted by Crippen LogP contribution is 2.34. The van der Waals surface area contributed by atoms with Crippen LogP contribution in [0.25, 0.3) is 22.2 Å². The van der Waals surface area contributed by atoms with E-state index < -0.39 is 11.2 Å². The Morgan fingerprint density at radius 3 is 2.65 bits per heavy atom. The largest absolute Gasteiger partial charge is 0.444 e. The predicted molar refractivity (Wildman–Crippen MR) is 138 cm³/mol. The molecule has 11 nitrogen and oxygen atoms in total. The number of pyridine rings is 1. The lowest BCUT2D eigenvalue weighted by Crippen LogP contribution is -2.43. The molecule has 192 valence electrons. The molecule has 4 aromatic rings. The van der Waals surface area contributed by atoms with Crippen LogP contribution in [-0.4, -0.2) is 54.6 Å². The Labute approximate surface area is 213 Å². The number of hydrogen-bond acceptors (Lipinski definition) is 8. The Morgan fingerprint density at radius 1 is 1.16 bits per heavy atom. The van der Waals surface area contributed by atoms with Gasteiger partial charge in [0.15, 0.2) is 5.82 Å². The summed E-state index contributed by atoms with van der Waals surface area (Å²) in [5, 5.41) is 11.7. The summed E-state index contributed by atoms with van der Waals surface area (Å²) in [6, 6.07) is 12.5. The van der Waals surface area contributed by atoms with Gasteiger partial charge in [0, 0.05) is 30.9 Å². The summed E-state index contributed by atoms with van der Waals surface area (Å²) in [6.45, 7) is 6.45. The van der Waals surface area contributed by atoms with Gasteiger partial charge in [-0.15, -0.1) is 0 Å². The number of hydrogen-bond donors (Lipinski definition) is 2. The van der Waals surface area contributed by atoms with Gasteiger partial charge in [0.2, 0.25) is 5.88 Å². The zero-order valence-electron chi connectivity index (χ0n) is 21.0. The second-order valence-corrected chi connectivity index (χ2v) is 9.97. The molecule has 1 aromatic carbocycles. The fraction of sp³-hybridized carbons (Fsp3) is 0.346. The van der Waals surface area contributed by atoms with Gasteiger partial charge in [0.25, 0.3) is 5.56 Å². The molecule has 0 saturated carbocycles. The maximum absolute atomic E-state index is 12.9. The van der Waals surface area contributed by atoms with Crippen LogP contribution in [0.3, 0.4) is 0 Å². The van der Waals surface area contributed by atoms with Crippen LogP contribution in [0.1, 0.15) is 39.7 Å². The maximum Gasteiger partial charge on any atom is 0.410 e. The Kier molecular flexibility index (Phi) is 6.28. The van der Waals surface area contributed by atoms with Crippen molar-refractivity contribution in [3.63, 3.8) is 0 Å². The van der Waals surface area contributed by atoms with Crippen LogP contribution in [-0.2, 0) is 4.74 Å². The summed E-state index contributed by atoms with van der Waals surface area (Å²) in [7, 11) is 0. The van der Waals surface area contributed by atoms with Gasteiger partial charge in [-0.2, -0.15) is 10.2 Å². The van der Waals surface area contributed by atoms with E-state index in [1.54, 1.807) is 34.0 Å². The minimum absolute atomic E-state index is 0.171. The van der Waals surface area contributed by atoms with Crippen molar-refractivity contribution in [2.45, 2.75) is 45.3 Å². The molecule has 1 aliphatic rings. The van der Waals surface area contributed by atoms with Crippen molar-refractivity contribution >= 4 is 22.8 Å². The van der Waals surface area contributed by atoms with Gasteiger partial charge in [0.05, 0.1) is 11.4 Å². The van der Waals surface area contributed by atoms with Crippen LogP contribution >= 0.6 is 0 Å². The molecular formula is C26H29N7O4. The van der Waals surface area contributed by atoms with Crippen molar-refractivity contribution in [1.82, 2.24) is 29.9 Å². The summed E-state index contributed by atoms with van der Waals surface area (Å²) in [4.78, 5) is 31.5. The number of piperidine rings is 1. The van der Waals surface area contributed by atoms with Gasteiger partial charge in [-0.3, -0.25) is 9.48 Å². The number of likely N-dealkylation sites (tertiary alicyclic amines) is 1. The van der Waals surface area contributed by atoms with Crippen LogP contribution in [0.5, 0.6) is 11.6 Å². The van der Waals surface area contributed by atoms with E-state index in [9.17, 15) is 9.59 Å². The number of nitrogens with one attached hydrogen (secondary N) is 1. The Bertz CT molecular complexity index is 1470. The quantitative estimate of drug-likeness (QED) is 0.423. The highest BCUT2D eigenvalue weighted by Gasteiger charge is 2.31. The van der Waals surface area contributed by atoms with Gasteiger partial charge in [-0.25, -0.2) is 14.9 Å². The second kappa shape index (κ2) is 9.57. The SMILES string of the molecule is CC(C)(C)OC(=O)N1CCC[C@@H](n2nc(-c3ccc(Oc4ccccn4)cc3)c3c(N)n[nH]c(=O)c32)C1. The van der Waals surface area contributed by atoms with E-state index in [0.29, 0.717) is 41.3 Å². The molecule has 0 bridgehead atoms. The average Bonchev–Trinajstić information content (AvgIpc) is 3.29. The van der Waals surface area contributed by atoms with Crippen molar-refractivity contribution in [1.29, 1.82) is 0 Å². The van der Waals surface area contributed by atoms with Gasteiger partial charge >= 0.3 is 6.09 Å². The summed E-state index contributed by atoms with van der Waals surface area (Å²) in [5.74, 6) is 1.26. The molecule has 4 heterocycles. The topological polar surface area (TPSA) is 141 Å². The lowest BCUT2D eigenvalue weighted by Gasteiger charge is -2.34. The smallest absolute Gasteiger partial charge is 0.410 e. The number of benzene rings is 1. The van der Waals surface area contributed by atoms with Gasteiger partial charge in [0.1, 0.15) is 22.6 Å². The molecule has 3 N–H and O–H groups in total. The number of nitrogens with zero attached hydrogens (tertiary/aromatic N) is 5. The van der Waals surface area contributed by atoms with E-state index in [0.717, 1.165) is 18.4 Å². The number of nitrogens with two attached hydrogens (primary N) is 1. The lowest BCUT2D eigenvalue weighted by molar-refractivity contribution is 0.0169. The molecule has 0 unspecified atom stereocenters. The molecule has 0 aliphatic carbocycles. The number of aromatic nitrogens is 5. The fourth-order valence-electron chi connectivity index (χ4n) is 4.44. The van der Waals surface area contributed by atoms with E-state index in [-0.39, 0.29) is 18.0 Å². The van der Waals surface area contributed by atoms with E-state index in [1.165, 1.54) is 0 Å². The van der Waals surface area contributed by atoms with Crippen molar-refractivity contribution in [2.24, 2.45) is 0 Å². The van der Waals surface area contributed by atoms with Crippen molar-refractivity contribution in [3.05, 3.63) is 59.0 Å². The summed E-state index contributed by atoms with van der Waals surface area (Å²) >= 11 is 0. The minimum Gasteiger partial charge on any atom is -0.444 e. The van der Waals surface area contributed by atoms with Gasteiger partial charge in [-0.1, -0.05) is 6.07 Å². The highest BCUT2D eigenvalue weighted by molar-refractivity contribution is 5.99. The van der Waals surface area contributed by atoms with Crippen molar-refractivity contribution in [3.8, 4) is 22.9 Å². The van der Waals surface area contributed by atoms with Crippen LogP contribution in [0.15, 0.2) is 53.5 Å². The number of ether oxygens (including phenoxy) is 2. The first-order valence-electron chi connectivity index (χ1n) is 12.1. The number of H-pyrrole nitrogens is 1. The molecular weight excluding hydrogens is 474 g/mol. The molecule has 37 heavy (non-hydrogen) atoms. The van der Waals surface area contributed by atoms with E-state index >= 15 is 0 Å². The van der Waals surface area contributed by atoms with E-state index in [4.69, 9.17) is 20.3 Å². The normalized spacial score (nSPS) is 16.1. The first kappa shape index (κ1) is 24.3. The van der Waals surface area contributed by atoms with E-state index in [1.807, 2.05) is 45.0 Å². The van der Waals surface area contributed by atoms with Gasteiger partial charge < -0.3 is 20.1 Å². The number of amides is 1. The molecule has 0 radical (unpaired) electrons. The number of anilines is 1. The third-order valence-electron chi connectivity index (χ3n) is 6.04. The van der Waals surface area contributed by atoms with Crippen molar-refractivity contribution in [2.75, 3.05) is 18.8 Å². The van der Waals surface area contributed by atoms with Crippen LogP contribution < -0.4 is 16.0 Å². The summed E-state index contributed by atoms with van der Waals surface area (Å²) in [5.41, 5.74) is 6.84. The van der Waals surface area contributed by atoms with Crippen LogP contribution in [0, 0.1) is 0 Å². The first-order valence-corrected chi connectivity index (χ1v) is 12.1. The minimum atomic E-state index is -0.598. The highest BCUT2D eigenvalue weighted by atomic mass is 16.6. The summed E-state index contributed by atoms with van der Waals surface area (Å²) in [6.07, 6.45) is 2.77. The van der Waals surface area contributed by atoms with Crippen LogP contribution in [0.2, 0.25) is 0 Å². The number of rotatable bonds is 4. The molecule has 1 amide bonds. The Balaban J connectivity index is 1.49. The lowest BCUT2D eigenvalue weighted by atomic mass is 10.1. The predicted octanol–water partition coefficient (Wildman–Crippen LogP) is 4.13. The molecule has 1 fully saturated rings. The number of aromatic amines is 1. The number of carbonyl (C=O) groups is 1. The molecule has 1 saturated heterocycles. The monoisotopic (exact) mass is 503 g/mol. The molecule has 0 spiro atoms. The third-order valence-corrected chi connectivity index (χ3v) is 6.04. The van der Waals surface area contributed by atoms with Crippen LogP contribution in [0.4, 0.5) is 10.6 Å². The Morgan fingerprint density at radius 2 is 1.95 bits per heavy atom. The third kappa shape index (κ3) is 5.11. The molecule has 3 aromatic heterocycles. The molecule has 1 aliphatic heterocycles. The van der Waals surface area contributed by atoms with Crippen molar-refractivity contribution < 1.29 is 14.3 Å². The zero-order valence-corrected chi connectivity index (χ0v) is 21.0. The van der Waals surface area contributed by atoms with Gasteiger partial charge in [-0.05, 0) is 63.9 Å². The number of nitrogen functional groups attached to an aromatic ring is 1. The summed E-state index contributed by atoms with van der Waals surface area (Å²) < 4.78 is 13.0. The first-order chi connectivity index (χ1) is 17.7. The maximum atomic E-state index is 12.9. The average molecular weight is 504 g/mol. The molecule has 5 rings (SSSR count). The number of carbonyl (C=O) groups excluding carboxylic acids is 1. The molecule has 1 atom stereocenters. The zero-order chi connectivity index (χ0) is 26.2. The molecule has 11 heteroatoms. The fourth-order valence-corrected chi connectivity index (χ4v) is 4.44. The second-order valence-electron chi connectivity index (χ2n) is 9.97. The Hall–Kier alpha value is -4.41. The van der Waals surface area contributed by atoms with E-state index in [2.05, 4.69) is 15.2 Å². The number of fused-ring (bicyclic) bond motifs is 1.